The normalized spacial score (nSPS) is 16.7. The van der Waals surface area contributed by atoms with Crippen LogP contribution in [0.4, 0.5) is 8.78 Å². The van der Waals surface area contributed by atoms with Gasteiger partial charge >= 0.3 is 0 Å². The van der Waals surface area contributed by atoms with Crippen molar-refractivity contribution in [3.8, 4) is 0 Å². The van der Waals surface area contributed by atoms with Crippen LogP contribution in [0.15, 0.2) is 12.1 Å². The van der Waals surface area contributed by atoms with E-state index in [0.29, 0.717) is 13.1 Å². The van der Waals surface area contributed by atoms with Gasteiger partial charge in [0, 0.05) is 26.2 Å². The molecule has 19 heavy (non-hydrogen) atoms. The molecular weight excluding hydrogens is 274 g/mol. The Balaban J connectivity index is 2.19. The van der Waals surface area contributed by atoms with Crippen LogP contribution in [0.2, 0.25) is 5.02 Å². The highest BCUT2D eigenvalue weighted by Gasteiger charge is 2.26. The lowest BCUT2D eigenvalue weighted by Crippen LogP contribution is -2.48. The van der Waals surface area contributed by atoms with Gasteiger partial charge in [0.2, 0.25) is 0 Å². The molecule has 0 spiro atoms. The van der Waals surface area contributed by atoms with E-state index in [-0.39, 0.29) is 10.6 Å². The van der Waals surface area contributed by atoms with Crippen LogP contribution in [-0.2, 0) is 0 Å². The summed E-state index contributed by atoms with van der Waals surface area (Å²) in [5.41, 5.74) is -0.369. The first kappa shape index (κ1) is 14.2. The van der Waals surface area contributed by atoms with Gasteiger partial charge in [-0.25, -0.2) is 8.78 Å². The minimum absolute atomic E-state index is 0.0539. The van der Waals surface area contributed by atoms with Gasteiger partial charge < -0.3 is 9.80 Å². The number of amides is 1. The molecule has 1 fully saturated rings. The molecule has 104 valence electrons. The number of hydrogen-bond acceptors (Lipinski definition) is 2. The van der Waals surface area contributed by atoms with Crippen LogP contribution < -0.4 is 0 Å². The standard InChI is InChI=1S/C13H15ClF2N2O/c1-2-17-5-7-18(8-6-17)13(19)11-9(14)3-4-10(15)12(11)16/h3-4H,2,5-8H2,1H3. The molecule has 1 heterocycles. The first-order chi connectivity index (χ1) is 9.04. The lowest BCUT2D eigenvalue weighted by Gasteiger charge is -2.34. The Morgan fingerprint density at radius 2 is 1.89 bits per heavy atom. The third-order valence-electron chi connectivity index (χ3n) is 3.36. The highest BCUT2D eigenvalue weighted by molar-refractivity contribution is 6.33. The molecule has 0 aliphatic carbocycles. The molecule has 1 saturated heterocycles. The van der Waals surface area contributed by atoms with E-state index >= 15 is 0 Å². The lowest BCUT2D eigenvalue weighted by atomic mass is 10.1. The fourth-order valence-electron chi connectivity index (χ4n) is 2.15. The molecule has 0 atom stereocenters. The van der Waals surface area contributed by atoms with Gasteiger partial charge in [-0.1, -0.05) is 18.5 Å². The Bertz CT molecular complexity index is 488. The van der Waals surface area contributed by atoms with Crippen molar-refractivity contribution in [3.05, 3.63) is 34.4 Å². The van der Waals surface area contributed by atoms with Gasteiger partial charge in [-0.3, -0.25) is 4.79 Å². The second-order valence-corrected chi connectivity index (χ2v) is 4.85. The van der Waals surface area contributed by atoms with Crippen LogP contribution in [0.1, 0.15) is 17.3 Å². The summed E-state index contributed by atoms with van der Waals surface area (Å²) < 4.78 is 26.9. The van der Waals surface area contributed by atoms with Gasteiger partial charge in [-0.2, -0.15) is 0 Å². The fraction of sp³-hybridized carbons (Fsp3) is 0.462. The zero-order chi connectivity index (χ0) is 14.0. The number of rotatable bonds is 2. The number of carbonyl (C=O) groups is 1. The Morgan fingerprint density at radius 1 is 1.26 bits per heavy atom. The van der Waals surface area contributed by atoms with Crippen LogP contribution in [0.3, 0.4) is 0 Å². The second kappa shape index (κ2) is 5.84. The van der Waals surface area contributed by atoms with Crippen molar-refractivity contribution >= 4 is 17.5 Å². The molecule has 0 N–H and O–H groups in total. The number of likely N-dealkylation sites (N-methyl/N-ethyl adjacent to an activating group) is 1. The molecule has 1 aromatic carbocycles. The average Bonchev–Trinajstić information content (AvgIpc) is 2.43. The van der Waals surface area contributed by atoms with Gasteiger partial charge in [0.05, 0.1) is 10.6 Å². The summed E-state index contributed by atoms with van der Waals surface area (Å²) in [6, 6.07) is 2.12. The molecule has 1 aliphatic heterocycles. The zero-order valence-electron chi connectivity index (χ0n) is 10.6. The lowest BCUT2D eigenvalue weighted by molar-refractivity contribution is 0.0638. The van der Waals surface area contributed by atoms with Crippen LogP contribution in [0.5, 0.6) is 0 Å². The first-order valence-electron chi connectivity index (χ1n) is 6.19. The Hall–Kier alpha value is -1.20. The number of benzene rings is 1. The largest absolute Gasteiger partial charge is 0.336 e. The monoisotopic (exact) mass is 288 g/mol. The molecule has 0 aromatic heterocycles. The van der Waals surface area contributed by atoms with Gasteiger partial charge in [-0.05, 0) is 18.7 Å². The van der Waals surface area contributed by atoms with Gasteiger partial charge in [-0.15, -0.1) is 0 Å². The molecule has 0 unspecified atom stereocenters. The minimum Gasteiger partial charge on any atom is -0.336 e. The molecule has 0 saturated carbocycles. The van der Waals surface area contributed by atoms with Gasteiger partial charge in [0.1, 0.15) is 0 Å². The third-order valence-corrected chi connectivity index (χ3v) is 3.68. The van der Waals surface area contributed by atoms with E-state index in [4.69, 9.17) is 11.6 Å². The topological polar surface area (TPSA) is 23.6 Å². The van der Waals surface area contributed by atoms with Crippen LogP contribution in [0, 0.1) is 11.6 Å². The van der Waals surface area contributed by atoms with E-state index in [0.717, 1.165) is 25.7 Å². The number of carbonyl (C=O) groups excluding carboxylic acids is 1. The molecule has 2 rings (SSSR count). The summed E-state index contributed by atoms with van der Waals surface area (Å²) in [5.74, 6) is -2.77. The third kappa shape index (κ3) is 2.87. The predicted octanol–water partition coefficient (Wildman–Crippen LogP) is 2.40. The summed E-state index contributed by atoms with van der Waals surface area (Å²) in [4.78, 5) is 15.9. The number of piperazine rings is 1. The molecule has 3 nitrogen and oxygen atoms in total. The molecule has 1 aliphatic rings. The summed E-state index contributed by atoms with van der Waals surface area (Å²) in [5, 5.41) is -0.0539. The maximum atomic E-state index is 13.7. The summed E-state index contributed by atoms with van der Waals surface area (Å²) >= 11 is 5.81. The van der Waals surface area contributed by atoms with Crippen molar-refractivity contribution in [1.29, 1.82) is 0 Å². The summed E-state index contributed by atoms with van der Waals surface area (Å²) in [7, 11) is 0. The van der Waals surface area contributed by atoms with E-state index in [1.807, 2.05) is 6.92 Å². The van der Waals surface area contributed by atoms with Crippen molar-refractivity contribution in [2.24, 2.45) is 0 Å². The molecule has 1 aromatic rings. The smallest absolute Gasteiger partial charge is 0.258 e. The minimum atomic E-state index is -1.17. The number of halogens is 3. The van der Waals surface area contributed by atoms with Crippen LogP contribution in [-0.4, -0.2) is 48.4 Å². The highest BCUT2D eigenvalue weighted by Crippen LogP contribution is 2.23. The van der Waals surface area contributed by atoms with Crippen molar-refractivity contribution in [2.75, 3.05) is 32.7 Å². The van der Waals surface area contributed by atoms with Crippen molar-refractivity contribution in [1.82, 2.24) is 9.80 Å². The average molecular weight is 289 g/mol. The van der Waals surface area contributed by atoms with Crippen molar-refractivity contribution in [3.63, 3.8) is 0 Å². The second-order valence-electron chi connectivity index (χ2n) is 4.44. The van der Waals surface area contributed by atoms with Crippen molar-refractivity contribution < 1.29 is 13.6 Å². The predicted molar refractivity (Wildman–Crippen MR) is 69.4 cm³/mol. The van der Waals surface area contributed by atoms with Gasteiger partial charge in [0.15, 0.2) is 11.6 Å². The Morgan fingerprint density at radius 3 is 2.47 bits per heavy atom. The maximum absolute atomic E-state index is 13.7. The Kier molecular flexibility index (Phi) is 4.37. The van der Waals surface area contributed by atoms with Crippen molar-refractivity contribution in [2.45, 2.75) is 6.92 Å². The first-order valence-corrected chi connectivity index (χ1v) is 6.57. The summed E-state index contributed by atoms with van der Waals surface area (Å²) in [6.45, 7) is 5.42. The molecule has 0 bridgehead atoms. The van der Waals surface area contributed by atoms with Crippen LogP contribution in [0.25, 0.3) is 0 Å². The summed E-state index contributed by atoms with van der Waals surface area (Å²) in [6.07, 6.45) is 0. The van der Waals surface area contributed by atoms with E-state index in [1.165, 1.54) is 11.0 Å². The molecule has 0 radical (unpaired) electrons. The van der Waals surface area contributed by atoms with E-state index in [9.17, 15) is 13.6 Å². The van der Waals surface area contributed by atoms with E-state index < -0.39 is 17.5 Å². The van der Waals surface area contributed by atoms with E-state index in [1.54, 1.807) is 0 Å². The zero-order valence-corrected chi connectivity index (χ0v) is 11.4. The number of hydrogen-bond donors (Lipinski definition) is 0. The quantitative estimate of drug-likeness (QED) is 0.780. The fourth-order valence-corrected chi connectivity index (χ4v) is 2.38. The molecular formula is C13H15ClF2N2O. The Labute approximate surface area is 115 Å². The maximum Gasteiger partial charge on any atom is 0.258 e. The molecule has 6 heteroatoms. The number of nitrogens with zero attached hydrogens (tertiary/aromatic N) is 2. The highest BCUT2D eigenvalue weighted by atomic mass is 35.5. The van der Waals surface area contributed by atoms with Crippen LogP contribution >= 0.6 is 11.6 Å². The van der Waals surface area contributed by atoms with Gasteiger partial charge in [0.25, 0.3) is 5.91 Å². The van der Waals surface area contributed by atoms with E-state index in [2.05, 4.69) is 4.90 Å². The molecule has 1 amide bonds. The SMILES string of the molecule is CCN1CCN(C(=O)c2c(Cl)ccc(F)c2F)CC1.